The SMILES string of the molecule is COc1cc(C(=O)N(CCCc2cc(F)cc(F)c2)CCSOC(C)=O)cc(OC)c1C. The van der Waals surface area contributed by atoms with Crippen molar-refractivity contribution < 1.29 is 32.0 Å². The Bertz CT molecular complexity index is 909. The summed E-state index contributed by atoms with van der Waals surface area (Å²) in [4.78, 5) is 25.8. The molecule has 0 aliphatic rings. The molecule has 0 aliphatic heterocycles. The number of ether oxygens (including phenoxy) is 2. The molecule has 1 amide bonds. The predicted molar refractivity (Wildman–Crippen MR) is 119 cm³/mol. The number of hydrogen-bond acceptors (Lipinski definition) is 6. The summed E-state index contributed by atoms with van der Waals surface area (Å²) in [6.45, 7) is 3.79. The van der Waals surface area contributed by atoms with E-state index in [9.17, 15) is 18.4 Å². The molecule has 0 atom stereocenters. The number of nitrogens with zero attached hydrogens (tertiary/aromatic N) is 1. The topological polar surface area (TPSA) is 65.1 Å². The maximum atomic E-state index is 13.4. The second-order valence-electron chi connectivity index (χ2n) is 7.08. The van der Waals surface area contributed by atoms with E-state index in [1.165, 1.54) is 33.3 Å². The maximum Gasteiger partial charge on any atom is 0.314 e. The molecule has 174 valence electrons. The van der Waals surface area contributed by atoms with E-state index in [0.29, 0.717) is 54.3 Å². The van der Waals surface area contributed by atoms with Gasteiger partial charge in [0.05, 0.1) is 26.3 Å². The van der Waals surface area contributed by atoms with Crippen molar-refractivity contribution in [2.24, 2.45) is 0 Å². The van der Waals surface area contributed by atoms with Crippen molar-refractivity contribution in [1.29, 1.82) is 0 Å². The van der Waals surface area contributed by atoms with Gasteiger partial charge in [0.25, 0.3) is 5.91 Å². The quantitative estimate of drug-likeness (QED) is 0.356. The van der Waals surface area contributed by atoms with E-state index in [4.69, 9.17) is 13.7 Å². The Morgan fingerprint density at radius 3 is 2.09 bits per heavy atom. The lowest BCUT2D eigenvalue weighted by Crippen LogP contribution is -2.34. The van der Waals surface area contributed by atoms with E-state index in [1.807, 2.05) is 6.92 Å². The minimum Gasteiger partial charge on any atom is -0.496 e. The second-order valence-corrected chi connectivity index (χ2v) is 7.89. The molecular formula is C23H27F2NO5S. The third-order valence-electron chi connectivity index (χ3n) is 4.72. The van der Waals surface area contributed by atoms with Crippen LogP contribution < -0.4 is 9.47 Å². The highest BCUT2D eigenvalue weighted by atomic mass is 32.2. The Morgan fingerprint density at radius 1 is 0.969 bits per heavy atom. The van der Waals surface area contributed by atoms with Crippen LogP contribution in [0.25, 0.3) is 0 Å². The number of carbonyl (C=O) groups excluding carboxylic acids is 2. The molecule has 0 heterocycles. The summed E-state index contributed by atoms with van der Waals surface area (Å²) in [5, 5.41) is 0. The summed E-state index contributed by atoms with van der Waals surface area (Å²) >= 11 is 0.962. The van der Waals surface area contributed by atoms with E-state index < -0.39 is 17.6 Å². The molecule has 0 fully saturated rings. The number of amides is 1. The predicted octanol–water partition coefficient (Wildman–Crippen LogP) is 4.58. The van der Waals surface area contributed by atoms with Gasteiger partial charge in [-0.15, -0.1) is 0 Å². The fourth-order valence-electron chi connectivity index (χ4n) is 3.21. The molecule has 6 nitrogen and oxygen atoms in total. The van der Waals surface area contributed by atoms with Crippen LogP contribution in [-0.4, -0.2) is 49.8 Å². The minimum atomic E-state index is -0.635. The van der Waals surface area contributed by atoms with Gasteiger partial charge >= 0.3 is 5.97 Å². The molecule has 0 saturated heterocycles. The average molecular weight is 468 g/mol. The third kappa shape index (κ3) is 7.40. The van der Waals surface area contributed by atoms with Gasteiger partial charge in [-0.3, -0.25) is 9.59 Å². The highest BCUT2D eigenvalue weighted by Gasteiger charge is 2.19. The first-order valence-corrected chi connectivity index (χ1v) is 10.9. The summed E-state index contributed by atoms with van der Waals surface area (Å²) in [6, 6.07) is 6.68. The molecule has 9 heteroatoms. The van der Waals surface area contributed by atoms with Crippen molar-refractivity contribution in [3.8, 4) is 11.5 Å². The molecule has 0 spiro atoms. The molecule has 2 rings (SSSR count). The molecular weight excluding hydrogens is 440 g/mol. The van der Waals surface area contributed by atoms with Crippen molar-refractivity contribution in [2.45, 2.75) is 26.7 Å². The van der Waals surface area contributed by atoms with Gasteiger partial charge in [-0.25, -0.2) is 8.78 Å². The van der Waals surface area contributed by atoms with Crippen LogP contribution in [0.4, 0.5) is 8.78 Å². The Hall–Kier alpha value is -2.81. The van der Waals surface area contributed by atoms with Crippen LogP contribution in [0.5, 0.6) is 11.5 Å². The molecule has 0 bridgehead atoms. The van der Waals surface area contributed by atoms with Gasteiger partial charge in [0.15, 0.2) is 0 Å². The highest BCUT2D eigenvalue weighted by molar-refractivity contribution is 7.95. The van der Waals surface area contributed by atoms with Crippen LogP contribution in [0.3, 0.4) is 0 Å². The van der Waals surface area contributed by atoms with Gasteiger partial charge in [0.1, 0.15) is 23.1 Å². The van der Waals surface area contributed by atoms with Crippen LogP contribution in [0, 0.1) is 18.6 Å². The Labute approximate surface area is 191 Å². The van der Waals surface area contributed by atoms with E-state index in [1.54, 1.807) is 17.0 Å². The standard InChI is InChI=1S/C23H27F2NO5S/c1-15-21(29-3)12-18(13-22(15)30-4)23(28)26(8-9-32-31-16(2)27)7-5-6-17-10-19(24)14-20(25)11-17/h10-14H,5-9H2,1-4H3. The van der Waals surface area contributed by atoms with Crippen molar-refractivity contribution in [3.63, 3.8) is 0 Å². The monoisotopic (exact) mass is 467 g/mol. The van der Waals surface area contributed by atoms with E-state index in [0.717, 1.165) is 23.7 Å². The first-order chi connectivity index (χ1) is 15.2. The number of rotatable bonds is 11. The molecule has 0 radical (unpaired) electrons. The summed E-state index contributed by atoms with van der Waals surface area (Å²) in [5.41, 5.74) is 1.68. The number of aryl methyl sites for hydroxylation is 1. The molecule has 2 aromatic rings. The van der Waals surface area contributed by atoms with Crippen molar-refractivity contribution in [3.05, 3.63) is 58.7 Å². The average Bonchev–Trinajstić information content (AvgIpc) is 2.74. The smallest absolute Gasteiger partial charge is 0.314 e. The number of benzene rings is 2. The summed E-state index contributed by atoms with van der Waals surface area (Å²) in [7, 11) is 3.03. The fourth-order valence-corrected chi connectivity index (χ4v) is 3.75. The molecule has 0 N–H and O–H groups in total. The number of hydrogen-bond donors (Lipinski definition) is 0. The Balaban J connectivity index is 2.15. The largest absolute Gasteiger partial charge is 0.496 e. The van der Waals surface area contributed by atoms with Crippen LogP contribution >= 0.6 is 12.0 Å². The second kappa shape index (κ2) is 12.3. The van der Waals surface area contributed by atoms with Gasteiger partial charge in [-0.05, 0) is 49.6 Å². The van der Waals surface area contributed by atoms with Crippen LogP contribution in [0.15, 0.2) is 30.3 Å². The van der Waals surface area contributed by atoms with Gasteiger partial charge in [-0.1, -0.05) is 0 Å². The maximum absolute atomic E-state index is 13.4. The fraction of sp³-hybridized carbons (Fsp3) is 0.391. The van der Waals surface area contributed by atoms with Gasteiger partial charge in [0.2, 0.25) is 0 Å². The first kappa shape index (κ1) is 25.5. The van der Waals surface area contributed by atoms with Crippen LogP contribution in [0.1, 0.15) is 34.8 Å². The Morgan fingerprint density at radius 2 is 1.56 bits per heavy atom. The summed E-state index contributed by atoms with van der Waals surface area (Å²) < 4.78 is 42.5. The van der Waals surface area contributed by atoms with E-state index in [-0.39, 0.29) is 5.91 Å². The van der Waals surface area contributed by atoms with Gasteiger partial charge < -0.3 is 18.6 Å². The third-order valence-corrected chi connectivity index (χ3v) is 5.42. The summed E-state index contributed by atoms with van der Waals surface area (Å²) in [6.07, 6.45) is 0.892. The molecule has 0 aromatic heterocycles. The molecule has 0 saturated carbocycles. The number of methoxy groups -OCH3 is 2. The lowest BCUT2D eigenvalue weighted by Gasteiger charge is -2.23. The lowest BCUT2D eigenvalue weighted by molar-refractivity contribution is -0.130. The molecule has 32 heavy (non-hydrogen) atoms. The zero-order chi connectivity index (χ0) is 23.7. The van der Waals surface area contributed by atoms with Crippen molar-refractivity contribution in [2.75, 3.05) is 33.1 Å². The Kier molecular flexibility index (Phi) is 9.77. The normalized spacial score (nSPS) is 10.6. The minimum absolute atomic E-state index is 0.254. The first-order valence-electron chi connectivity index (χ1n) is 10.0. The van der Waals surface area contributed by atoms with Crippen LogP contribution in [-0.2, 0) is 15.4 Å². The van der Waals surface area contributed by atoms with E-state index in [2.05, 4.69) is 0 Å². The lowest BCUT2D eigenvalue weighted by atomic mass is 10.1. The number of halogens is 2. The van der Waals surface area contributed by atoms with Gasteiger partial charge in [-0.2, -0.15) is 0 Å². The van der Waals surface area contributed by atoms with Crippen molar-refractivity contribution in [1.82, 2.24) is 4.90 Å². The molecule has 2 aromatic carbocycles. The number of carbonyl (C=O) groups is 2. The zero-order valence-electron chi connectivity index (χ0n) is 18.6. The van der Waals surface area contributed by atoms with Gasteiger partial charge in [0, 0.05) is 43.0 Å². The van der Waals surface area contributed by atoms with E-state index >= 15 is 0 Å². The molecule has 0 aliphatic carbocycles. The zero-order valence-corrected chi connectivity index (χ0v) is 19.4. The van der Waals surface area contributed by atoms with Crippen LogP contribution in [0.2, 0.25) is 0 Å². The van der Waals surface area contributed by atoms with Crippen molar-refractivity contribution >= 4 is 23.9 Å². The summed E-state index contributed by atoms with van der Waals surface area (Å²) in [5.74, 6) is -0.520. The highest BCUT2D eigenvalue weighted by Crippen LogP contribution is 2.30. The molecule has 0 unspecified atom stereocenters.